The number of aromatic hydroxyl groups is 1. The maximum absolute atomic E-state index is 14.6. The van der Waals surface area contributed by atoms with Crippen molar-refractivity contribution in [2.24, 2.45) is 86.6 Å². The van der Waals surface area contributed by atoms with Crippen LogP contribution in [0.3, 0.4) is 0 Å². The van der Waals surface area contributed by atoms with E-state index in [9.17, 15) is 82.8 Å². The van der Waals surface area contributed by atoms with Crippen molar-refractivity contribution in [1.82, 2.24) is 42.5 Å². The molecule has 0 aliphatic carbocycles. The molecule has 0 fully saturated rings. The largest absolute Gasteiger partial charge is 0.508 e. The zero-order valence-corrected chi connectivity index (χ0v) is 64.5. The van der Waals surface area contributed by atoms with Gasteiger partial charge in [0.2, 0.25) is 47.3 Å². The Morgan fingerprint density at radius 2 is 0.935 bits per heavy atom. The average molecular weight is 1530 g/mol. The molecule has 0 saturated heterocycles. The van der Waals surface area contributed by atoms with Gasteiger partial charge in [0.25, 0.3) is 0 Å². The zero-order valence-electron chi connectivity index (χ0n) is 63.7. The van der Waals surface area contributed by atoms with Crippen LogP contribution in [0.1, 0.15) is 182 Å². The highest BCUT2D eigenvalue weighted by Gasteiger charge is 2.39. The van der Waals surface area contributed by atoms with Gasteiger partial charge in [-0.1, -0.05) is 66.2 Å². The number of primary amides is 1. The number of hydrogen-bond acceptors (Lipinski definition) is 23. The molecule has 34 heteroatoms. The average Bonchev–Trinajstić information content (AvgIpc) is 0.859. The standard InChI is InChI=1S/C73H126N16O17S/c1-42(2)33-49(37-60(93)53(19-11-14-29-76)83-66(100)44(5)17-9-12-27-74)68(102)84-54(20-15-31-82-73(79)80)61(94)38-50(41-90)69(103)85-55(26-32-107-8)63(96)39-52(45(6)91)70(104)87-57(40-64(97)98)62(95)36-48(18-10-13-28-75)67(101)89-59(35-47-22-24-51(92)25-23-47)72(106)86-56(21-16-30-81-46(7)77)71(105)88-58(65(78)99)34-43(3)4/h22-25,42-45,48-50,52-59,81,90-92H,7,9-21,26-41,74-77H2,1-6,8H3,(H2,78,99)(H,83,100)(H,84,102)(H,85,103)(H,86,106)(H,87,104)(H,88,105)(H,89,101)(H,97,98)(H4,79,80,82)/t44-,45+,48+,49+,50-,52-,53-,54-,55-,56-,57-,58-,59-/m0/s1. The number of aliphatic hydroxyl groups is 2. The number of amides is 8. The van der Waals surface area contributed by atoms with Gasteiger partial charge < -0.3 is 103 Å². The quantitative estimate of drug-likeness (QED) is 0.0226. The van der Waals surface area contributed by atoms with E-state index in [1.165, 1.54) is 36.0 Å². The van der Waals surface area contributed by atoms with E-state index in [2.05, 4.69) is 54.1 Å². The molecule has 0 spiro atoms. The number of nitrogens with one attached hydrogen (secondary N) is 8. The van der Waals surface area contributed by atoms with Crippen molar-refractivity contribution in [2.45, 2.75) is 231 Å². The molecule has 8 amide bonds. The molecule has 26 N–H and O–H groups in total. The molecule has 1 aromatic rings. The number of ketones is 4. The number of phenolic OH excluding ortho intramolecular Hbond substituents is 1. The molecule has 0 bridgehead atoms. The van der Waals surface area contributed by atoms with Crippen LogP contribution in [0.5, 0.6) is 5.75 Å². The summed E-state index contributed by atoms with van der Waals surface area (Å²) in [6.45, 7) is 14.2. The Morgan fingerprint density at radius 1 is 0.486 bits per heavy atom. The van der Waals surface area contributed by atoms with E-state index in [1.54, 1.807) is 13.2 Å². The smallest absolute Gasteiger partial charge is 0.305 e. The number of rotatable bonds is 61. The number of thioether (sulfide) groups is 1. The minimum atomic E-state index is -1.88. The van der Waals surface area contributed by atoms with Gasteiger partial charge in [0, 0.05) is 62.9 Å². The molecule has 1 rings (SSSR count). The number of aliphatic imine (C=N–C) groups is 1. The minimum Gasteiger partial charge on any atom is -0.508 e. The molecule has 33 nitrogen and oxygen atoms in total. The van der Waals surface area contributed by atoms with Gasteiger partial charge in [-0.25, -0.2) is 0 Å². The number of unbranched alkanes of at least 4 members (excludes halogenated alkanes) is 3. The number of aliphatic hydroxyl groups excluding tert-OH is 2. The van der Waals surface area contributed by atoms with Crippen LogP contribution >= 0.6 is 11.8 Å². The monoisotopic (exact) mass is 1530 g/mol. The van der Waals surface area contributed by atoms with Gasteiger partial charge in [-0.05, 0) is 158 Å². The van der Waals surface area contributed by atoms with Gasteiger partial charge >= 0.3 is 5.97 Å². The first kappa shape index (κ1) is 96.7. The number of guanidine groups is 1. The molecule has 606 valence electrons. The van der Waals surface area contributed by atoms with Crippen molar-refractivity contribution in [2.75, 3.05) is 51.3 Å². The number of aliphatic carboxylic acids is 1. The zero-order chi connectivity index (χ0) is 80.9. The molecule has 1 aromatic carbocycles. The van der Waals surface area contributed by atoms with Crippen LogP contribution in [-0.4, -0.2) is 202 Å². The Labute approximate surface area is 633 Å². The summed E-state index contributed by atoms with van der Waals surface area (Å²) >= 11 is 1.28. The van der Waals surface area contributed by atoms with Crippen molar-refractivity contribution < 1.29 is 82.8 Å². The summed E-state index contributed by atoms with van der Waals surface area (Å²) < 4.78 is 0. The van der Waals surface area contributed by atoms with Gasteiger partial charge in [0.15, 0.2) is 29.1 Å². The van der Waals surface area contributed by atoms with Gasteiger partial charge in [-0.15, -0.1) is 0 Å². The number of benzene rings is 1. The lowest BCUT2D eigenvalue weighted by Gasteiger charge is -2.27. The Morgan fingerprint density at radius 3 is 1.46 bits per heavy atom. The third kappa shape index (κ3) is 40.5. The minimum absolute atomic E-state index is 0.0172. The summed E-state index contributed by atoms with van der Waals surface area (Å²) in [6.07, 6.45) is 0.777. The van der Waals surface area contributed by atoms with Crippen molar-refractivity contribution in [3.8, 4) is 5.75 Å². The normalized spacial score (nSPS) is 15.0. The fraction of sp³-hybridized carbons (Fsp3) is 0.699. The summed E-state index contributed by atoms with van der Waals surface area (Å²) in [5.74, 6) is -17.1. The van der Waals surface area contributed by atoms with Crippen LogP contribution in [0.25, 0.3) is 0 Å². The lowest BCUT2D eigenvalue weighted by molar-refractivity contribution is -0.142. The van der Waals surface area contributed by atoms with Crippen LogP contribution in [0.4, 0.5) is 0 Å². The molecule has 107 heavy (non-hydrogen) atoms. The summed E-state index contributed by atoms with van der Waals surface area (Å²) in [4.78, 5) is 186. The Balaban J connectivity index is 3.68. The molecule has 0 aliphatic rings. The lowest BCUT2D eigenvalue weighted by Crippen LogP contribution is -2.57. The lowest BCUT2D eigenvalue weighted by atomic mass is 9.87. The summed E-state index contributed by atoms with van der Waals surface area (Å²) in [5.41, 5.74) is 40.1. The molecule has 0 aliphatic heterocycles. The van der Waals surface area contributed by atoms with Gasteiger partial charge in [0.1, 0.15) is 23.9 Å². The molecule has 0 unspecified atom stereocenters. The molecular weight excluding hydrogens is 1400 g/mol. The van der Waals surface area contributed by atoms with Gasteiger partial charge in [0.05, 0.1) is 61.0 Å². The number of hydrogen-bond donors (Lipinski definition) is 19. The van der Waals surface area contributed by atoms with Crippen LogP contribution in [-0.2, 0) is 68.7 Å². The van der Waals surface area contributed by atoms with Crippen LogP contribution < -0.4 is 82.7 Å². The van der Waals surface area contributed by atoms with Gasteiger partial charge in [-0.3, -0.25) is 67.3 Å². The second kappa shape index (κ2) is 53.5. The number of carboxylic acid groups (broad SMARTS) is 1. The maximum Gasteiger partial charge on any atom is 0.305 e. The Kier molecular flexibility index (Phi) is 48.3. The third-order valence-electron chi connectivity index (χ3n) is 18.1. The molecule has 0 saturated carbocycles. The highest BCUT2D eigenvalue weighted by Crippen LogP contribution is 2.24. The predicted octanol–water partition coefficient (Wildman–Crippen LogP) is -0.315. The van der Waals surface area contributed by atoms with E-state index < -0.39 is 181 Å². The van der Waals surface area contributed by atoms with E-state index in [0.29, 0.717) is 50.8 Å². The van der Waals surface area contributed by atoms with E-state index in [4.69, 9.17) is 40.1 Å². The number of Topliss-reactive ketones (excluding diaryl/α,β-unsaturated/α-hetero) is 4. The van der Waals surface area contributed by atoms with Crippen LogP contribution in [0.2, 0.25) is 0 Å². The summed E-state index contributed by atoms with van der Waals surface area (Å²) in [7, 11) is 0. The predicted molar refractivity (Wildman–Crippen MR) is 408 cm³/mol. The second-order valence-electron chi connectivity index (χ2n) is 28.4. The first-order chi connectivity index (χ1) is 50.5. The van der Waals surface area contributed by atoms with Crippen LogP contribution in [0, 0.1) is 41.4 Å². The van der Waals surface area contributed by atoms with E-state index in [1.807, 2.05) is 27.7 Å². The van der Waals surface area contributed by atoms with Crippen LogP contribution in [0.15, 0.2) is 41.7 Å². The topological polar surface area (TPSA) is 594 Å². The molecule has 0 radical (unpaired) electrons. The number of carboxylic acids is 1. The highest BCUT2D eigenvalue weighted by atomic mass is 32.2. The van der Waals surface area contributed by atoms with E-state index in [-0.39, 0.29) is 138 Å². The number of nitrogens with two attached hydrogens (primary N) is 7. The van der Waals surface area contributed by atoms with Gasteiger partial charge in [-0.2, -0.15) is 11.8 Å². The van der Waals surface area contributed by atoms with Crippen molar-refractivity contribution in [1.29, 1.82) is 0 Å². The van der Waals surface area contributed by atoms with E-state index in [0.717, 1.165) is 13.3 Å². The van der Waals surface area contributed by atoms with Crippen molar-refractivity contribution in [3.63, 3.8) is 0 Å². The summed E-state index contributed by atoms with van der Waals surface area (Å²) in [5, 5.41) is 63.5. The third-order valence-corrected chi connectivity index (χ3v) is 18.7. The maximum atomic E-state index is 14.6. The highest BCUT2D eigenvalue weighted by molar-refractivity contribution is 7.98. The van der Waals surface area contributed by atoms with Crippen molar-refractivity contribution >= 4 is 94.1 Å². The van der Waals surface area contributed by atoms with E-state index >= 15 is 0 Å². The first-order valence-corrected chi connectivity index (χ1v) is 38.6. The Hall–Kier alpha value is -8.31. The fourth-order valence-electron chi connectivity index (χ4n) is 11.9. The number of phenols is 1. The summed E-state index contributed by atoms with van der Waals surface area (Å²) in [6, 6.07) is -3.81. The number of carbonyl (C=O) groups is 13. The molecule has 0 heterocycles. The first-order valence-electron chi connectivity index (χ1n) is 37.2. The van der Waals surface area contributed by atoms with Crippen molar-refractivity contribution in [3.05, 3.63) is 42.2 Å². The molecule has 0 aromatic heterocycles. The number of nitrogens with zero attached hydrogens (tertiary/aromatic N) is 1. The molecule has 13 atom stereocenters. The number of carbonyl (C=O) groups excluding carboxylic acids is 12. The SMILES string of the molecule is C=C(N)NCCC[C@H](NC(=O)[C@H](Cc1ccc(O)cc1)NC(=O)[C@H](CCCCN)CC(=O)[C@H](CC(=O)O)NC(=O)[C@@H](CC(=O)[C@H](CCSC)NC(=O)[C@H](CO)CC(=O)[C@H](CCCN=C(N)N)NC(=O)[C@@H](CC(=O)[C@H](CCCCN)NC(=O)[C@@H](C)CCCCN)CC(C)C)[C@@H](C)O)C(=O)N[C@@H](CC(C)C)C(N)=O. The Bertz CT molecular complexity index is 3030. The second-order valence-corrected chi connectivity index (χ2v) is 29.4. The molecular formula is C73H126N16O17S. The fourth-order valence-corrected chi connectivity index (χ4v) is 12.4.